The molecule has 1 aromatic carbocycles. The molecule has 0 bridgehead atoms. The Bertz CT molecular complexity index is 636. The minimum Gasteiger partial charge on any atom is -0.484 e. The molecule has 0 atom stereocenters. The number of halogens is 3. The van der Waals surface area contributed by atoms with E-state index in [-0.39, 0.29) is 11.3 Å². The highest BCUT2D eigenvalue weighted by Gasteiger charge is 2.28. The summed E-state index contributed by atoms with van der Waals surface area (Å²) >= 11 is 0. The Morgan fingerprint density at radius 3 is 2.57 bits per heavy atom. The van der Waals surface area contributed by atoms with Gasteiger partial charge >= 0.3 is 6.18 Å². The van der Waals surface area contributed by atoms with Crippen molar-refractivity contribution in [3.63, 3.8) is 0 Å². The summed E-state index contributed by atoms with van der Waals surface area (Å²) in [6, 6.07) is 7.81. The van der Waals surface area contributed by atoms with E-state index in [4.69, 9.17) is 0 Å². The van der Waals surface area contributed by atoms with E-state index in [2.05, 4.69) is 9.72 Å². The molecule has 6 heteroatoms. The number of ether oxygens (including phenoxy) is 1. The lowest BCUT2D eigenvalue weighted by Gasteiger charge is -2.11. The predicted octanol–water partition coefficient (Wildman–Crippen LogP) is 3.81. The summed E-state index contributed by atoms with van der Waals surface area (Å²) in [6.45, 7) is 0.440. The van der Waals surface area contributed by atoms with Gasteiger partial charge in [-0.2, -0.15) is 13.2 Å². The van der Waals surface area contributed by atoms with Gasteiger partial charge in [-0.25, -0.2) is 0 Å². The minimum absolute atomic E-state index is 0.00162. The molecule has 0 N–H and O–H groups in total. The third-order valence-electron chi connectivity index (χ3n) is 2.77. The number of alkyl halides is 3. The van der Waals surface area contributed by atoms with E-state index in [1.165, 1.54) is 12.1 Å². The maximum Gasteiger partial charge on any atom is 0.422 e. The number of aldehydes is 1. The van der Waals surface area contributed by atoms with Crippen molar-refractivity contribution >= 4 is 6.29 Å². The molecule has 0 unspecified atom stereocenters. The summed E-state index contributed by atoms with van der Waals surface area (Å²) < 4.78 is 40.9. The number of nitrogens with zero attached hydrogens (tertiary/aromatic N) is 1. The molecule has 0 fully saturated rings. The first-order valence-electron chi connectivity index (χ1n) is 6.11. The number of rotatable bonds is 4. The van der Waals surface area contributed by atoms with Gasteiger partial charge in [0, 0.05) is 23.0 Å². The zero-order valence-corrected chi connectivity index (χ0v) is 11.1. The van der Waals surface area contributed by atoms with Crippen LogP contribution in [0.15, 0.2) is 36.5 Å². The third-order valence-corrected chi connectivity index (χ3v) is 2.77. The van der Waals surface area contributed by atoms with Crippen LogP contribution in [0.25, 0.3) is 11.1 Å². The quantitative estimate of drug-likeness (QED) is 0.805. The molecule has 0 aliphatic heterocycles. The highest BCUT2D eigenvalue weighted by molar-refractivity contribution is 5.88. The smallest absolute Gasteiger partial charge is 0.422 e. The lowest BCUT2D eigenvalue weighted by molar-refractivity contribution is -0.153. The van der Waals surface area contributed by atoms with Crippen LogP contribution < -0.4 is 4.74 Å². The van der Waals surface area contributed by atoms with E-state index in [1.807, 2.05) is 6.92 Å². The van der Waals surface area contributed by atoms with E-state index in [0.29, 0.717) is 17.4 Å². The summed E-state index contributed by atoms with van der Waals surface area (Å²) in [4.78, 5) is 15.2. The normalized spacial score (nSPS) is 11.2. The fraction of sp³-hybridized carbons (Fsp3) is 0.200. The number of carbonyl (C=O) groups excluding carboxylic acids is 1. The molecule has 2 aromatic rings. The van der Waals surface area contributed by atoms with Gasteiger partial charge in [0.2, 0.25) is 0 Å². The number of hydrogen-bond donors (Lipinski definition) is 0. The lowest BCUT2D eigenvalue weighted by atomic mass is 10.0. The molecule has 0 aliphatic carbocycles. The standard InChI is InChI=1S/C15H12F3NO2/c1-10-2-3-11(7-19-10)14-5-4-13(6-12(14)8-20)21-9-15(16,17)18/h2-8H,9H2,1H3. The van der Waals surface area contributed by atoms with Crippen LogP contribution in [0.1, 0.15) is 16.1 Å². The summed E-state index contributed by atoms with van der Waals surface area (Å²) in [5.74, 6) is -0.00162. The molecule has 110 valence electrons. The molecular formula is C15H12F3NO2. The number of aryl methyl sites for hydroxylation is 1. The van der Waals surface area contributed by atoms with Gasteiger partial charge in [0.1, 0.15) is 5.75 Å². The molecule has 0 radical (unpaired) electrons. The van der Waals surface area contributed by atoms with Crippen LogP contribution >= 0.6 is 0 Å². The average molecular weight is 295 g/mol. The summed E-state index contributed by atoms with van der Waals surface area (Å²) in [7, 11) is 0. The molecule has 1 heterocycles. The molecule has 1 aromatic heterocycles. The highest BCUT2D eigenvalue weighted by Crippen LogP contribution is 2.27. The van der Waals surface area contributed by atoms with Crippen molar-refractivity contribution < 1.29 is 22.7 Å². The van der Waals surface area contributed by atoms with Gasteiger partial charge in [-0.3, -0.25) is 9.78 Å². The molecule has 0 saturated carbocycles. The third kappa shape index (κ3) is 4.05. The average Bonchev–Trinajstić information content (AvgIpc) is 2.45. The Hall–Kier alpha value is -2.37. The fourth-order valence-electron chi connectivity index (χ4n) is 1.78. The van der Waals surface area contributed by atoms with Crippen molar-refractivity contribution in [1.82, 2.24) is 4.98 Å². The highest BCUT2D eigenvalue weighted by atomic mass is 19.4. The topological polar surface area (TPSA) is 39.2 Å². The minimum atomic E-state index is -4.42. The Balaban J connectivity index is 2.28. The Labute approximate surface area is 119 Å². The Morgan fingerprint density at radius 1 is 1.24 bits per heavy atom. The summed E-state index contributed by atoms with van der Waals surface area (Å²) in [6.07, 6.45) is -2.23. The van der Waals surface area contributed by atoms with Crippen molar-refractivity contribution in [3.05, 3.63) is 47.8 Å². The van der Waals surface area contributed by atoms with Crippen molar-refractivity contribution in [3.8, 4) is 16.9 Å². The molecular weight excluding hydrogens is 283 g/mol. The van der Waals surface area contributed by atoms with Gasteiger partial charge in [-0.05, 0) is 36.8 Å². The largest absolute Gasteiger partial charge is 0.484 e. The van der Waals surface area contributed by atoms with Gasteiger partial charge < -0.3 is 4.74 Å². The molecule has 0 aliphatic rings. The molecule has 2 rings (SSSR count). The fourth-order valence-corrected chi connectivity index (χ4v) is 1.78. The van der Waals surface area contributed by atoms with Crippen molar-refractivity contribution in [2.75, 3.05) is 6.61 Å². The van der Waals surface area contributed by atoms with E-state index < -0.39 is 12.8 Å². The van der Waals surface area contributed by atoms with E-state index in [9.17, 15) is 18.0 Å². The number of benzene rings is 1. The first kappa shape index (κ1) is 15.0. The van der Waals surface area contributed by atoms with Gasteiger partial charge in [0.25, 0.3) is 0 Å². The van der Waals surface area contributed by atoms with Gasteiger partial charge in [0.15, 0.2) is 12.9 Å². The van der Waals surface area contributed by atoms with Crippen molar-refractivity contribution in [2.45, 2.75) is 13.1 Å². The second-order valence-corrected chi connectivity index (χ2v) is 4.46. The van der Waals surface area contributed by atoms with E-state index in [1.54, 1.807) is 24.4 Å². The Kier molecular flexibility index (Phi) is 4.26. The van der Waals surface area contributed by atoms with Crippen molar-refractivity contribution in [2.24, 2.45) is 0 Å². The molecule has 0 saturated heterocycles. The number of carbonyl (C=O) groups is 1. The maximum atomic E-state index is 12.1. The van der Waals surface area contributed by atoms with Crippen LogP contribution in [0.5, 0.6) is 5.75 Å². The first-order valence-corrected chi connectivity index (χ1v) is 6.11. The first-order chi connectivity index (χ1) is 9.89. The lowest BCUT2D eigenvalue weighted by Crippen LogP contribution is -2.19. The number of hydrogen-bond acceptors (Lipinski definition) is 3. The van der Waals surface area contributed by atoms with Gasteiger partial charge in [-0.15, -0.1) is 0 Å². The van der Waals surface area contributed by atoms with Crippen LogP contribution in [0.3, 0.4) is 0 Å². The molecule has 0 spiro atoms. The number of pyridine rings is 1. The zero-order chi connectivity index (χ0) is 15.5. The summed E-state index contributed by atoms with van der Waals surface area (Å²) in [5, 5.41) is 0. The summed E-state index contributed by atoms with van der Waals surface area (Å²) in [5.41, 5.74) is 2.39. The Morgan fingerprint density at radius 2 is 2.00 bits per heavy atom. The van der Waals surface area contributed by atoms with Gasteiger partial charge in [-0.1, -0.05) is 6.07 Å². The van der Waals surface area contributed by atoms with Crippen LogP contribution in [-0.2, 0) is 0 Å². The predicted molar refractivity (Wildman–Crippen MR) is 71.3 cm³/mol. The maximum absolute atomic E-state index is 12.1. The monoisotopic (exact) mass is 295 g/mol. The SMILES string of the molecule is Cc1ccc(-c2ccc(OCC(F)(F)F)cc2C=O)cn1. The molecule has 0 amide bonds. The van der Waals surface area contributed by atoms with Crippen LogP contribution in [0.2, 0.25) is 0 Å². The van der Waals surface area contributed by atoms with Crippen LogP contribution in [0, 0.1) is 6.92 Å². The van der Waals surface area contributed by atoms with Crippen LogP contribution in [0.4, 0.5) is 13.2 Å². The number of aromatic nitrogens is 1. The van der Waals surface area contributed by atoms with E-state index in [0.717, 1.165) is 5.69 Å². The zero-order valence-electron chi connectivity index (χ0n) is 11.1. The molecule has 21 heavy (non-hydrogen) atoms. The second-order valence-electron chi connectivity index (χ2n) is 4.46. The molecule has 3 nitrogen and oxygen atoms in total. The van der Waals surface area contributed by atoms with Gasteiger partial charge in [0.05, 0.1) is 0 Å². The van der Waals surface area contributed by atoms with E-state index >= 15 is 0 Å². The second kappa shape index (κ2) is 5.95. The van der Waals surface area contributed by atoms with Crippen LogP contribution in [-0.4, -0.2) is 24.1 Å². The van der Waals surface area contributed by atoms with Crippen molar-refractivity contribution in [1.29, 1.82) is 0 Å².